The summed E-state index contributed by atoms with van der Waals surface area (Å²) < 4.78 is 11.2. The molecule has 2 aliphatic heterocycles. The predicted molar refractivity (Wildman–Crippen MR) is 92.0 cm³/mol. The third-order valence-electron chi connectivity index (χ3n) is 4.60. The summed E-state index contributed by atoms with van der Waals surface area (Å²) >= 11 is 1.93. The lowest BCUT2D eigenvalue weighted by molar-refractivity contribution is 0.0244. The normalized spacial score (nSPS) is 21.9. The number of amides is 1. The van der Waals surface area contributed by atoms with Gasteiger partial charge >= 0.3 is 0 Å². The van der Waals surface area contributed by atoms with Crippen LogP contribution < -0.4 is 0 Å². The summed E-state index contributed by atoms with van der Waals surface area (Å²) in [4.78, 5) is 18.6. The minimum Gasteiger partial charge on any atom is -0.472 e. The van der Waals surface area contributed by atoms with Gasteiger partial charge in [0.05, 0.1) is 35.0 Å². The molecule has 2 aromatic rings. The van der Waals surface area contributed by atoms with Gasteiger partial charge < -0.3 is 14.1 Å². The van der Waals surface area contributed by atoms with Crippen molar-refractivity contribution in [2.75, 3.05) is 18.8 Å². The van der Waals surface area contributed by atoms with Gasteiger partial charge in [-0.15, -0.1) is 11.8 Å². The molecule has 2 saturated heterocycles. The first-order valence-electron chi connectivity index (χ1n) is 8.13. The third kappa shape index (κ3) is 3.08. The highest BCUT2D eigenvalue weighted by Gasteiger charge is 2.51. The van der Waals surface area contributed by atoms with Gasteiger partial charge in [-0.3, -0.25) is 9.78 Å². The highest BCUT2D eigenvalue weighted by atomic mass is 32.2. The van der Waals surface area contributed by atoms with Crippen LogP contribution in [-0.2, 0) is 11.3 Å². The summed E-state index contributed by atoms with van der Waals surface area (Å²) in [5.41, 5.74) is 2.62. The van der Waals surface area contributed by atoms with E-state index in [0.29, 0.717) is 12.2 Å². The van der Waals surface area contributed by atoms with E-state index in [2.05, 4.69) is 4.98 Å². The Morgan fingerprint density at radius 3 is 3.08 bits per heavy atom. The summed E-state index contributed by atoms with van der Waals surface area (Å²) in [5.74, 6) is 1.04. The number of aryl methyl sites for hydroxylation is 1. The molecule has 4 heterocycles. The van der Waals surface area contributed by atoms with Crippen LogP contribution in [0.15, 0.2) is 41.2 Å². The van der Waals surface area contributed by atoms with Crippen LogP contribution in [0.2, 0.25) is 0 Å². The van der Waals surface area contributed by atoms with E-state index in [1.807, 2.05) is 41.8 Å². The quantitative estimate of drug-likeness (QED) is 0.854. The lowest BCUT2D eigenvalue weighted by atomic mass is 9.92. The number of rotatable bonds is 4. The predicted octanol–water partition coefficient (Wildman–Crippen LogP) is 2.90. The minimum atomic E-state index is 0.0586. The number of likely N-dealkylation sites (tertiary alicyclic amines) is 1. The second-order valence-corrected chi connectivity index (χ2v) is 8.06. The zero-order valence-electron chi connectivity index (χ0n) is 13.6. The van der Waals surface area contributed by atoms with Gasteiger partial charge in [-0.25, -0.2) is 0 Å². The van der Waals surface area contributed by atoms with Crippen molar-refractivity contribution in [3.8, 4) is 0 Å². The SMILES string of the molecule is Cc1cccc(COC2CSC3(C2)CN(C(=O)c2ccoc2)C3)n1. The fourth-order valence-corrected chi connectivity index (χ4v) is 4.93. The van der Waals surface area contributed by atoms with Crippen molar-refractivity contribution in [1.29, 1.82) is 0 Å². The Bertz CT molecular complexity index is 726. The maximum atomic E-state index is 12.3. The first-order chi connectivity index (χ1) is 11.6. The lowest BCUT2D eigenvalue weighted by Gasteiger charge is -2.47. The van der Waals surface area contributed by atoms with Gasteiger partial charge in [0.1, 0.15) is 6.26 Å². The maximum Gasteiger partial charge on any atom is 0.257 e. The van der Waals surface area contributed by atoms with E-state index >= 15 is 0 Å². The summed E-state index contributed by atoms with van der Waals surface area (Å²) in [5, 5.41) is 0. The van der Waals surface area contributed by atoms with Crippen LogP contribution in [0.1, 0.15) is 28.2 Å². The van der Waals surface area contributed by atoms with Crippen LogP contribution in [0.25, 0.3) is 0 Å². The molecule has 126 valence electrons. The van der Waals surface area contributed by atoms with E-state index in [4.69, 9.17) is 9.15 Å². The fraction of sp³-hybridized carbons (Fsp3) is 0.444. The van der Waals surface area contributed by atoms with Gasteiger partial charge in [0.25, 0.3) is 5.91 Å². The number of hydrogen-bond donors (Lipinski definition) is 0. The summed E-state index contributed by atoms with van der Waals surface area (Å²) in [6.07, 6.45) is 4.29. The van der Waals surface area contributed by atoms with E-state index in [9.17, 15) is 4.79 Å². The number of hydrogen-bond acceptors (Lipinski definition) is 5. The van der Waals surface area contributed by atoms with Crippen LogP contribution >= 0.6 is 11.8 Å². The van der Waals surface area contributed by atoms with Crippen molar-refractivity contribution in [1.82, 2.24) is 9.88 Å². The summed E-state index contributed by atoms with van der Waals surface area (Å²) in [7, 11) is 0. The van der Waals surface area contributed by atoms with Crippen LogP contribution in [0, 0.1) is 6.92 Å². The molecular weight excluding hydrogens is 324 g/mol. The Kier molecular flexibility index (Phi) is 4.10. The van der Waals surface area contributed by atoms with Gasteiger partial charge in [0.2, 0.25) is 0 Å². The number of furan rings is 1. The van der Waals surface area contributed by atoms with Crippen molar-refractivity contribution in [2.45, 2.75) is 30.8 Å². The average molecular weight is 344 g/mol. The number of carbonyl (C=O) groups is 1. The molecular formula is C18H20N2O3S. The van der Waals surface area contributed by atoms with Gasteiger partial charge in [-0.05, 0) is 31.5 Å². The molecule has 5 nitrogen and oxygen atoms in total. The molecule has 1 amide bonds. The molecule has 0 saturated carbocycles. The smallest absolute Gasteiger partial charge is 0.257 e. The highest BCUT2D eigenvalue weighted by Crippen LogP contribution is 2.46. The first-order valence-corrected chi connectivity index (χ1v) is 9.12. The third-order valence-corrected chi connectivity index (χ3v) is 6.18. The zero-order valence-corrected chi connectivity index (χ0v) is 14.4. The molecule has 0 aliphatic carbocycles. The van der Waals surface area contributed by atoms with E-state index < -0.39 is 0 Å². The molecule has 4 rings (SSSR count). The average Bonchev–Trinajstić information content (AvgIpc) is 3.21. The molecule has 0 bridgehead atoms. The first kappa shape index (κ1) is 15.7. The van der Waals surface area contributed by atoms with E-state index in [1.54, 1.807) is 6.07 Å². The number of aromatic nitrogens is 1. The Balaban J connectivity index is 1.28. The fourth-order valence-electron chi connectivity index (χ4n) is 3.37. The van der Waals surface area contributed by atoms with Crippen LogP contribution in [0.5, 0.6) is 0 Å². The molecule has 0 N–H and O–H groups in total. The van der Waals surface area contributed by atoms with Crippen molar-refractivity contribution < 1.29 is 13.9 Å². The van der Waals surface area contributed by atoms with Gasteiger partial charge in [-0.2, -0.15) is 0 Å². The Morgan fingerprint density at radius 1 is 1.46 bits per heavy atom. The number of ether oxygens (including phenoxy) is 1. The van der Waals surface area contributed by atoms with E-state index in [0.717, 1.165) is 36.7 Å². The number of carbonyl (C=O) groups excluding carboxylic acids is 1. The molecule has 1 spiro atoms. The highest BCUT2D eigenvalue weighted by molar-refractivity contribution is 8.01. The van der Waals surface area contributed by atoms with Crippen molar-refractivity contribution in [2.24, 2.45) is 0 Å². The topological polar surface area (TPSA) is 55.6 Å². The second-order valence-electron chi connectivity index (χ2n) is 6.57. The molecule has 1 unspecified atom stereocenters. The Morgan fingerprint density at radius 2 is 2.33 bits per heavy atom. The molecule has 6 heteroatoms. The second kappa shape index (κ2) is 6.26. The van der Waals surface area contributed by atoms with Gasteiger partial charge in [0.15, 0.2) is 0 Å². The molecule has 0 aromatic carbocycles. The lowest BCUT2D eigenvalue weighted by Crippen LogP contribution is -2.60. The molecule has 1 atom stereocenters. The number of nitrogens with zero attached hydrogens (tertiary/aromatic N) is 2. The molecule has 0 radical (unpaired) electrons. The Labute approximate surface area is 145 Å². The van der Waals surface area contributed by atoms with Crippen LogP contribution in [-0.4, -0.2) is 45.5 Å². The zero-order chi connectivity index (χ0) is 16.6. The van der Waals surface area contributed by atoms with E-state index in [-0.39, 0.29) is 16.8 Å². The Hall–Kier alpha value is -1.79. The standard InChI is InChI=1S/C18H20N2O3S/c1-13-3-2-4-15(19-13)9-23-16-7-18(24-10-16)11-20(12-18)17(21)14-5-6-22-8-14/h2-6,8,16H,7,9-12H2,1H3. The number of thioether (sulfide) groups is 1. The molecule has 2 aromatic heterocycles. The van der Waals surface area contributed by atoms with Crippen LogP contribution in [0.3, 0.4) is 0 Å². The summed E-state index contributed by atoms with van der Waals surface area (Å²) in [6, 6.07) is 7.72. The monoisotopic (exact) mass is 344 g/mol. The largest absolute Gasteiger partial charge is 0.472 e. The van der Waals surface area contributed by atoms with E-state index in [1.165, 1.54) is 12.5 Å². The maximum absolute atomic E-state index is 12.3. The van der Waals surface area contributed by atoms with Crippen LogP contribution in [0.4, 0.5) is 0 Å². The van der Waals surface area contributed by atoms with Crippen molar-refractivity contribution >= 4 is 17.7 Å². The minimum absolute atomic E-state index is 0.0586. The van der Waals surface area contributed by atoms with Crippen molar-refractivity contribution in [3.05, 3.63) is 53.7 Å². The summed E-state index contributed by atoms with van der Waals surface area (Å²) in [6.45, 7) is 4.14. The molecule has 24 heavy (non-hydrogen) atoms. The van der Waals surface area contributed by atoms with Crippen molar-refractivity contribution in [3.63, 3.8) is 0 Å². The molecule has 2 fully saturated rings. The van der Waals surface area contributed by atoms with Gasteiger partial charge in [0, 0.05) is 24.5 Å². The molecule has 2 aliphatic rings. The number of pyridine rings is 1. The van der Waals surface area contributed by atoms with Gasteiger partial charge in [-0.1, -0.05) is 6.07 Å².